The van der Waals surface area contributed by atoms with E-state index in [9.17, 15) is 9.59 Å². The largest absolute Gasteiger partial charge is 0.490 e. The van der Waals surface area contributed by atoms with Crippen molar-refractivity contribution in [2.75, 3.05) is 6.61 Å². The standard InChI is InChI=1S/C17H14Cl2N2O3/c1-2-9-24-13-6-3-11(4-7-13)16(22)20-21-17(23)14-8-5-12(18)10-15(14)19/h2-8,10H,1,9H2,(H,20,22)(H,21,23). The molecule has 0 heterocycles. The Labute approximate surface area is 149 Å². The Morgan fingerprint density at radius 1 is 1.04 bits per heavy atom. The number of nitrogens with one attached hydrogen (secondary N) is 2. The van der Waals surface area contributed by atoms with Crippen molar-refractivity contribution < 1.29 is 14.3 Å². The Morgan fingerprint density at radius 2 is 1.71 bits per heavy atom. The number of ether oxygens (including phenoxy) is 1. The monoisotopic (exact) mass is 364 g/mol. The van der Waals surface area contributed by atoms with Crippen LogP contribution >= 0.6 is 23.2 Å². The van der Waals surface area contributed by atoms with E-state index in [0.717, 1.165) is 0 Å². The lowest BCUT2D eigenvalue weighted by Gasteiger charge is -2.09. The fraction of sp³-hybridized carbons (Fsp3) is 0.0588. The topological polar surface area (TPSA) is 67.4 Å². The quantitative estimate of drug-likeness (QED) is 0.628. The van der Waals surface area contributed by atoms with Crippen LogP contribution in [-0.2, 0) is 0 Å². The van der Waals surface area contributed by atoms with E-state index in [-0.39, 0.29) is 10.6 Å². The summed E-state index contributed by atoms with van der Waals surface area (Å²) in [5.74, 6) is -0.400. The zero-order valence-corrected chi connectivity index (χ0v) is 14.0. The van der Waals surface area contributed by atoms with Gasteiger partial charge in [-0.1, -0.05) is 35.9 Å². The van der Waals surface area contributed by atoms with Crippen molar-refractivity contribution in [1.29, 1.82) is 0 Å². The molecule has 2 rings (SSSR count). The molecule has 7 heteroatoms. The first kappa shape index (κ1) is 17.8. The molecule has 124 valence electrons. The number of halogens is 2. The van der Waals surface area contributed by atoms with E-state index < -0.39 is 11.8 Å². The van der Waals surface area contributed by atoms with E-state index in [2.05, 4.69) is 17.4 Å². The highest BCUT2D eigenvalue weighted by molar-refractivity contribution is 6.36. The number of hydrogen-bond donors (Lipinski definition) is 2. The molecule has 0 spiro atoms. The second-order valence-electron chi connectivity index (χ2n) is 4.66. The number of hydrogen-bond acceptors (Lipinski definition) is 3. The van der Waals surface area contributed by atoms with Crippen LogP contribution in [0.5, 0.6) is 5.75 Å². The minimum absolute atomic E-state index is 0.193. The number of carbonyl (C=O) groups is 2. The molecule has 0 atom stereocenters. The van der Waals surface area contributed by atoms with Crippen LogP contribution in [0.3, 0.4) is 0 Å². The van der Waals surface area contributed by atoms with Crippen molar-refractivity contribution in [3.8, 4) is 5.75 Å². The third-order valence-corrected chi connectivity index (χ3v) is 3.50. The van der Waals surface area contributed by atoms with E-state index in [1.54, 1.807) is 30.3 Å². The van der Waals surface area contributed by atoms with Crippen LogP contribution in [-0.4, -0.2) is 18.4 Å². The predicted molar refractivity (Wildman–Crippen MR) is 93.5 cm³/mol. The van der Waals surface area contributed by atoms with Gasteiger partial charge in [-0.3, -0.25) is 20.4 Å². The predicted octanol–water partition coefficient (Wildman–Crippen LogP) is 3.63. The number of rotatable bonds is 5. The molecule has 2 N–H and O–H groups in total. The van der Waals surface area contributed by atoms with Crippen LogP contribution in [0, 0.1) is 0 Å². The average Bonchev–Trinajstić information content (AvgIpc) is 2.58. The molecular weight excluding hydrogens is 351 g/mol. The lowest BCUT2D eigenvalue weighted by Crippen LogP contribution is -2.41. The molecule has 0 radical (unpaired) electrons. The molecular formula is C17H14Cl2N2O3. The number of hydrazine groups is 1. The molecule has 0 aliphatic carbocycles. The summed E-state index contributed by atoms with van der Waals surface area (Å²) >= 11 is 11.7. The molecule has 0 bridgehead atoms. The van der Waals surface area contributed by atoms with Crippen molar-refractivity contribution in [3.05, 3.63) is 76.3 Å². The summed E-state index contributed by atoms with van der Waals surface area (Å²) < 4.78 is 5.32. The van der Waals surface area contributed by atoms with Crippen molar-refractivity contribution in [3.63, 3.8) is 0 Å². The molecule has 0 saturated heterocycles. The maximum absolute atomic E-state index is 12.0. The summed E-state index contributed by atoms with van der Waals surface area (Å²) in [6.07, 6.45) is 1.62. The van der Waals surface area contributed by atoms with E-state index >= 15 is 0 Å². The maximum atomic E-state index is 12.0. The molecule has 2 aromatic rings. The molecule has 5 nitrogen and oxygen atoms in total. The fourth-order valence-electron chi connectivity index (χ4n) is 1.78. The van der Waals surface area contributed by atoms with E-state index in [0.29, 0.717) is 22.9 Å². The lowest BCUT2D eigenvalue weighted by atomic mass is 10.2. The number of carbonyl (C=O) groups excluding carboxylic acids is 2. The highest BCUT2D eigenvalue weighted by Crippen LogP contribution is 2.20. The van der Waals surface area contributed by atoms with Gasteiger partial charge >= 0.3 is 0 Å². The number of amides is 2. The first-order valence-corrected chi connectivity index (χ1v) is 7.66. The molecule has 0 unspecified atom stereocenters. The Kier molecular flexibility index (Phi) is 6.23. The Bertz CT molecular complexity index is 761. The van der Waals surface area contributed by atoms with E-state index in [4.69, 9.17) is 27.9 Å². The van der Waals surface area contributed by atoms with Gasteiger partial charge in [0.1, 0.15) is 12.4 Å². The van der Waals surface area contributed by atoms with Crippen LogP contribution in [0.4, 0.5) is 0 Å². The van der Waals surface area contributed by atoms with Crippen molar-refractivity contribution in [2.45, 2.75) is 0 Å². The van der Waals surface area contributed by atoms with Crippen LogP contribution in [0.15, 0.2) is 55.1 Å². The summed E-state index contributed by atoms with van der Waals surface area (Å²) in [6, 6.07) is 10.9. The second kappa shape index (κ2) is 8.38. The highest BCUT2D eigenvalue weighted by atomic mass is 35.5. The van der Waals surface area contributed by atoms with Crippen LogP contribution in [0.1, 0.15) is 20.7 Å². The second-order valence-corrected chi connectivity index (χ2v) is 5.50. The van der Waals surface area contributed by atoms with Crippen LogP contribution < -0.4 is 15.6 Å². The van der Waals surface area contributed by atoms with Gasteiger partial charge in [0.05, 0.1) is 10.6 Å². The zero-order chi connectivity index (χ0) is 17.5. The van der Waals surface area contributed by atoms with Gasteiger partial charge in [0.15, 0.2) is 0 Å². The summed E-state index contributed by atoms with van der Waals surface area (Å²) in [7, 11) is 0. The van der Waals surface area contributed by atoms with Crippen molar-refractivity contribution >= 4 is 35.0 Å². The molecule has 2 aromatic carbocycles. The molecule has 0 aliphatic rings. The van der Waals surface area contributed by atoms with E-state index in [1.807, 2.05) is 0 Å². The van der Waals surface area contributed by atoms with Gasteiger partial charge in [-0.05, 0) is 42.5 Å². The summed E-state index contributed by atoms with van der Waals surface area (Å²) in [6.45, 7) is 3.93. The van der Waals surface area contributed by atoms with E-state index in [1.165, 1.54) is 18.2 Å². The Morgan fingerprint density at radius 3 is 2.33 bits per heavy atom. The van der Waals surface area contributed by atoms with Gasteiger partial charge in [-0.15, -0.1) is 0 Å². The molecule has 24 heavy (non-hydrogen) atoms. The summed E-state index contributed by atoms with van der Waals surface area (Å²) in [5.41, 5.74) is 5.18. The minimum Gasteiger partial charge on any atom is -0.490 e. The van der Waals surface area contributed by atoms with Crippen molar-refractivity contribution in [2.24, 2.45) is 0 Å². The lowest BCUT2D eigenvalue weighted by molar-refractivity contribution is 0.0846. The minimum atomic E-state index is -0.545. The van der Waals surface area contributed by atoms with Gasteiger partial charge < -0.3 is 4.74 Å². The summed E-state index contributed by atoms with van der Waals surface area (Å²) in [4.78, 5) is 24.0. The number of benzene rings is 2. The highest BCUT2D eigenvalue weighted by Gasteiger charge is 2.12. The Balaban J connectivity index is 1.94. The summed E-state index contributed by atoms with van der Waals surface area (Å²) in [5, 5.41) is 0.609. The van der Waals surface area contributed by atoms with Crippen LogP contribution in [0.25, 0.3) is 0 Å². The van der Waals surface area contributed by atoms with Gasteiger partial charge in [0.25, 0.3) is 11.8 Å². The molecule has 0 fully saturated rings. The smallest absolute Gasteiger partial charge is 0.271 e. The van der Waals surface area contributed by atoms with Crippen LogP contribution in [0.2, 0.25) is 10.0 Å². The third kappa shape index (κ3) is 4.75. The van der Waals surface area contributed by atoms with Gasteiger partial charge in [0.2, 0.25) is 0 Å². The third-order valence-electron chi connectivity index (χ3n) is 2.95. The van der Waals surface area contributed by atoms with Crippen molar-refractivity contribution in [1.82, 2.24) is 10.9 Å². The maximum Gasteiger partial charge on any atom is 0.271 e. The molecule has 0 saturated carbocycles. The normalized spacial score (nSPS) is 9.92. The van der Waals surface area contributed by atoms with Gasteiger partial charge in [0, 0.05) is 10.6 Å². The van der Waals surface area contributed by atoms with Gasteiger partial charge in [-0.25, -0.2) is 0 Å². The van der Waals surface area contributed by atoms with Gasteiger partial charge in [-0.2, -0.15) is 0 Å². The fourth-order valence-corrected chi connectivity index (χ4v) is 2.28. The zero-order valence-electron chi connectivity index (χ0n) is 12.5. The SMILES string of the molecule is C=CCOc1ccc(C(=O)NNC(=O)c2ccc(Cl)cc2Cl)cc1. The molecule has 2 amide bonds. The first-order valence-electron chi connectivity index (χ1n) is 6.90. The Hall–Kier alpha value is -2.50. The first-order chi connectivity index (χ1) is 11.5. The average molecular weight is 365 g/mol. The molecule has 0 aliphatic heterocycles. The molecule has 0 aromatic heterocycles.